The number of rotatable bonds is 10. The maximum atomic E-state index is 13.5. The van der Waals surface area contributed by atoms with Gasteiger partial charge in [-0.3, -0.25) is 9.59 Å². The van der Waals surface area contributed by atoms with Crippen LogP contribution in [0.5, 0.6) is 0 Å². The maximum Gasteiger partial charge on any atom is 0.243 e. The van der Waals surface area contributed by atoms with Crippen molar-refractivity contribution < 1.29 is 14.0 Å². The summed E-state index contributed by atoms with van der Waals surface area (Å²) in [6.45, 7) is 2.70. The number of hydrogen-bond acceptors (Lipinski definition) is 2. The fraction of sp³-hybridized carbons (Fsp3) is 0.259. The Morgan fingerprint density at radius 1 is 0.939 bits per heavy atom. The first kappa shape index (κ1) is 24.5. The lowest BCUT2D eigenvalue weighted by atomic mass is 10.0. The Morgan fingerprint density at radius 2 is 1.64 bits per heavy atom. The van der Waals surface area contributed by atoms with Gasteiger partial charge >= 0.3 is 0 Å². The molecule has 4 nitrogen and oxygen atoms in total. The summed E-state index contributed by atoms with van der Waals surface area (Å²) in [6.07, 6.45) is 1.27. The molecule has 0 saturated carbocycles. The van der Waals surface area contributed by atoms with Crippen LogP contribution < -0.4 is 5.32 Å². The van der Waals surface area contributed by atoms with Gasteiger partial charge in [0.15, 0.2) is 0 Å². The van der Waals surface area contributed by atoms with Crippen molar-refractivity contribution >= 4 is 23.4 Å². The molecule has 0 heterocycles. The van der Waals surface area contributed by atoms with Gasteiger partial charge < -0.3 is 10.2 Å². The van der Waals surface area contributed by atoms with Gasteiger partial charge in [0.05, 0.1) is 6.42 Å². The Kier molecular flexibility index (Phi) is 9.02. The molecule has 3 aromatic rings. The van der Waals surface area contributed by atoms with E-state index in [0.29, 0.717) is 18.0 Å². The summed E-state index contributed by atoms with van der Waals surface area (Å²) in [4.78, 5) is 28.3. The number of nitrogens with one attached hydrogen (secondary N) is 1. The summed E-state index contributed by atoms with van der Waals surface area (Å²) in [5.74, 6) is -0.756. The van der Waals surface area contributed by atoms with Crippen molar-refractivity contribution in [2.24, 2.45) is 0 Å². The number of carbonyl (C=O) groups is 2. The summed E-state index contributed by atoms with van der Waals surface area (Å²) >= 11 is 6.11. The molecule has 0 saturated heterocycles. The Balaban J connectivity index is 1.94. The van der Waals surface area contributed by atoms with Crippen molar-refractivity contribution in [2.75, 3.05) is 6.54 Å². The molecule has 0 aliphatic rings. The predicted molar refractivity (Wildman–Crippen MR) is 129 cm³/mol. The lowest BCUT2D eigenvalue weighted by Gasteiger charge is -2.31. The van der Waals surface area contributed by atoms with Crippen molar-refractivity contribution in [2.45, 2.75) is 38.8 Å². The molecule has 0 radical (unpaired) electrons. The van der Waals surface area contributed by atoms with Crippen LogP contribution in [-0.4, -0.2) is 29.3 Å². The van der Waals surface area contributed by atoms with Crippen LogP contribution in [0.15, 0.2) is 78.9 Å². The van der Waals surface area contributed by atoms with E-state index in [4.69, 9.17) is 11.6 Å². The standard InChI is InChI=1S/C27H28ClFN2O2/c1-2-15-30-27(33)25(17-20-7-4-3-5-8-20)31(19-21-11-13-24(29)14-12-21)26(32)18-22-9-6-10-23(28)16-22/h3-14,16,25H,2,15,17-19H2,1H3,(H,30,33). The van der Waals surface area contributed by atoms with Crippen LogP contribution in [0.1, 0.15) is 30.0 Å². The fourth-order valence-corrected chi connectivity index (χ4v) is 3.84. The van der Waals surface area contributed by atoms with Crippen molar-refractivity contribution in [1.29, 1.82) is 0 Å². The van der Waals surface area contributed by atoms with E-state index in [9.17, 15) is 14.0 Å². The topological polar surface area (TPSA) is 49.4 Å². The zero-order chi connectivity index (χ0) is 23.6. The van der Waals surface area contributed by atoms with E-state index in [1.54, 1.807) is 35.2 Å². The quantitative estimate of drug-likeness (QED) is 0.447. The van der Waals surface area contributed by atoms with E-state index in [1.165, 1.54) is 12.1 Å². The fourth-order valence-electron chi connectivity index (χ4n) is 3.63. The van der Waals surface area contributed by atoms with Crippen LogP contribution in [0.25, 0.3) is 0 Å². The highest BCUT2D eigenvalue weighted by atomic mass is 35.5. The first-order valence-electron chi connectivity index (χ1n) is 11.1. The first-order valence-corrected chi connectivity index (χ1v) is 11.4. The minimum absolute atomic E-state index is 0.105. The second kappa shape index (κ2) is 12.2. The number of halogens is 2. The molecule has 33 heavy (non-hydrogen) atoms. The second-order valence-electron chi connectivity index (χ2n) is 7.95. The van der Waals surface area contributed by atoms with Crippen LogP contribution in [0.4, 0.5) is 4.39 Å². The van der Waals surface area contributed by atoms with E-state index in [1.807, 2.05) is 43.3 Å². The highest BCUT2D eigenvalue weighted by Crippen LogP contribution is 2.18. The monoisotopic (exact) mass is 466 g/mol. The number of hydrogen-bond donors (Lipinski definition) is 1. The molecule has 2 amide bonds. The highest BCUT2D eigenvalue weighted by molar-refractivity contribution is 6.30. The van der Waals surface area contributed by atoms with Gasteiger partial charge in [0.25, 0.3) is 0 Å². The van der Waals surface area contributed by atoms with E-state index in [2.05, 4.69) is 5.32 Å². The Labute approximate surface area is 199 Å². The molecule has 1 unspecified atom stereocenters. The molecule has 1 atom stereocenters. The predicted octanol–water partition coefficient (Wildman–Crippen LogP) is 5.19. The SMILES string of the molecule is CCCNC(=O)C(Cc1ccccc1)N(Cc1ccc(F)cc1)C(=O)Cc1cccc(Cl)c1. The third-order valence-corrected chi connectivity index (χ3v) is 5.57. The summed E-state index contributed by atoms with van der Waals surface area (Å²) < 4.78 is 13.5. The smallest absolute Gasteiger partial charge is 0.243 e. The van der Waals surface area contributed by atoms with Gasteiger partial charge in [-0.25, -0.2) is 4.39 Å². The van der Waals surface area contributed by atoms with Gasteiger partial charge in [-0.1, -0.05) is 73.1 Å². The molecular formula is C27H28ClFN2O2. The van der Waals surface area contributed by atoms with Gasteiger partial charge in [-0.05, 0) is 47.4 Å². The molecule has 0 aliphatic heterocycles. The van der Waals surface area contributed by atoms with Crippen molar-refractivity contribution in [3.63, 3.8) is 0 Å². The third kappa shape index (κ3) is 7.43. The van der Waals surface area contributed by atoms with Gasteiger partial charge in [-0.15, -0.1) is 0 Å². The number of carbonyl (C=O) groups excluding carboxylic acids is 2. The van der Waals surface area contributed by atoms with Crippen LogP contribution in [-0.2, 0) is 29.0 Å². The molecule has 0 aromatic heterocycles. The second-order valence-corrected chi connectivity index (χ2v) is 8.39. The minimum atomic E-state index is -0.712. The van der Waals surface area contributed by atoms with E-state index >= 15 is 0 Å². The average molecular weight is 467 g/mol. The normalized spacial score (nSPS) is 11.6. The summed E-state index contributed by atoms with van der Waals surface area (Å²) in [5, 5.41) is 3.49. The Morgan fingerprint density at radius 3 is 2.30 bits per heavy atom. The zero-order valence-electron chi connectivity index (χ0n) is 18.6. The number of amides is 2. The highest BCUT2D eigenvalue weighted by Gasteiger charge is 2.30. The largest absolute Gasteiger partial charge is 0.354 e. The molecule has 3 rings (SSSR count). The van der Waals surface area contributed by atoms with Crippen molar-refractivity contribution in [3.8, 4) is 0 Å². The summed E-state index contributed by atoms with van der Waals surface area (Å²) in [6, 6.07) is 22.0. The van der Waals surface area contributed by atoms with E-state index < -0.39 is 6.04 Å². The van der Waals surface area contributed by atoms with Crippen LogP contribution in [0.2, 0.25) is 5.02 Å². The Hall–Kier alpha value is -3.18. The molecule has 0 spiro atoms. The molecule has 0 bridgehead atoms. The first-order chi connectivity index (χ1) is 16.0. The molecular weight excluding hydrogens is 439 g/mol. The van der Waals surface area contributed by atoms with Gasteiger partial charge in [0, 0.05) is 24.5 Å². The number of nitrogens with zero attached hydrogens (tertiary/aromatic N) is 1. The van der Waals surface area contributed by atoms with Gasteiger partial charge in [0.1, 0.15) is 11.9 Å². The van der Waals surface area contributed by atoms with Crippen LogP contribution in [0, 0.1) is 5.82 Å². The summed E-state index contributed by atoms with van der Waals surface area (Å²) in [5.41, 5.74) is 2.47. The van der Waals surface area contributed by atoms with Crippen LogP contribution in [0.3, 0.4) is 0 Å². The third-order valence-electron chi connectivity index (χ3n) is 5.33. The minimum Gasteiger partial charge on any atom is -0.354 e. The van der Waals surface area contributed by atoms with Crippen molar-refractivity contribution in [3.05, 3.63) is 106 Å². The molecule has 172 valence electrons. The number of benzene rings is 3. The average Bonchev–Trinajstić information content (AvgIpc) is 2.81. The van der Waals surface area contributed by atoms with Gasteiger partial charge in [-0.2, -0.15) is 0 Å². The lowest BCUT2D eigenvalue weighted by molar-refractivity contribution is -0.140. The molecule has 6 heteroatoms. The molecule has 0 fully saturated rings. The van der Waals surface area contributed by atoms with Crippen LogP contribution >= 0.6 is 11.6 Å². The molecule has 0 aliphatic carbocycles. The Bertz CT molecular complexity index is 1060. The van der Waals surface area contributed by atoms with E-state index in [-0.39, 0.29) is 30.6 Å². The summed E-state index contributed by atoms with van der Waals surface area (Å²) in [7, 11) is 0. The maximum absolute atomic E-state index is 13.5. The van der Waals surface area contributed by atoms with Crippen molar-refractivity contribution in [1.82, 2.24) is 10.2 Å². The van der Waals surface area contributed by atoms with E-state index in [0.717, 1.165) is 23.1 Å². The lowest BCUT2D eigenvalue weighted by Crippen LogP contribution is -2.51. The molecule has 3 aromatic carbocycles. The zero-order valence-corrected chi connectivity index (χ0v) is 19.4. The van der Waals surface area contributed by atoms with Gasteiger partial charge in [0.2, 0.25) is 11.8 Å². The molecule has 1 N–H and O–H groups in total.